The number of hydrogen-bond acceptors (Lipinski definition) is 7. The summed E-state index contributed by atoms with van der Waals surface area (Å²) in [5.41, 5.74) is -0.0780. The molecule has 8 heteroatoms. The van der Waals surface area contributed by atoms with Crippen LogP contribution < -0.4 is 10.4 Å². The van der Waals surface area contributed by atoms with Crippen LogP contribution in [0.2, 0.25) is 5.02 Å². The summed E-state index contributed by atoms with van der Waals surface area (Å²) in [6, 6.07) is 3.98. The second-order valence-corrected chi connectivity index (χ2v) is 5.29. The van der Waals surface area contributed by atoms with Gasteiger partial charge in [0.25, 0.3) is 0 Å². The fraction of sp³-hybridized carbons (Fsp3) is 0.462. The van der Waals surface area contributed by atoms with E-state index >= 15 is 0 Å². The fourth-order valence-corrected chi connectivity index (χ4v) is 2.31. The van der Waals surface area contributed by atoms with Crippen molar-refractivity contribution in [2.24, 2.45) is 0 Å². The van der Waals surface area contributed by atoms with E-state index in [2.05, 4.69) is 5.32 Å². The SMILES string of the molecule is CC1OC(Nc2cc(Cl)ccc2C(=O)[O-])C(O)C(O)C1O. The van der Waals surface area contributed by atoms with E-state index in [-0.39, 0.29) is 16.3 Å². The quantitative estimate of drug-likeness (QED) is 0.561. The van der Waals surface area contributed by atoms with Crippen molar-refractivity contribution in [3.8, 4) is 0 Å². The first kappa shape index (κ1) is 16.0. The number of carboxylic acids is 1. The average Bonchev–Trinajstić information content (AvgIpc) is 2.42. The molecule has 1 aromatic rings. The molecule has 0 spiro atoms. The smallest absolute Gasteiger partial charge is 0.157 e. The lowest BCUT2D eigenvalue weighted by atomic mass is 9.99. The van der Waals surface area contributed by atoms with Crippen LogP contribution in [0, 0.1) is 0 Å². The van der Waals surface area contributed by atoms with Crippen molar-refractivity contribution in [3.05, 3.63) is 28.8 Å². The predicted octanol–water partition coefficient (Wildman–Crippen LogP) is -1.06. The monoisotopic (exact) mass is 316 g/mol. The molecule has 1 saturated heterocycles. The summed E-state index contributed by atoms with van der Waals surface area (Å²) < 4.78 is 5.33. The number of aromatic carboxylic acids is 1. The van der Waals surface area contributed by atoms with Crippen LogP contribution in [0.25, 0.3) is 0 Å². The molecule has 1 fully saturated rings. The van der Waals surface area contributed by atoms with Crippen LogP contribution in [0.3, 0.4) is 0 Å². The molecule has 2 rings (SSSR count). The van der Waals surface area contributed by atoms with Crippen molar-refractivity contribution in [1.82, 2.24) is 0 Å². The van der Waals surface area contributed by atoms with Gasteiger partial charge in [-0.15, -0.1) is 0 Å². The fourth-order valence-electron chi connectivity index (χ4n) is 2.14. The van der Waals surface area contributed by atoms with Gasteiger partial charge >= 0.3 is 0 Å². The van der Waals surface area contributed by atoms with Gasteiger partial charge in [0.2, 0.25) is 0 Å². The summed E-state index contributed by atoms with van der Waals surface area (Å²) in [6.07, 6.45) is -5.94. The summed E-state index contributed by atoms with van der Waals surface area (Å²) in [5, 5.41) is 43.2. The number of aliphatic hydroxyl groups excluding tert-OH is 3. The number of nitrogens with one attached hydrogen (secondary N) is 1. The minimum absolute atomic E-state index is 0.0855. The molecule has 5 unspecified atom stereocenters. The second kappa shape index (κ2) is 6.17. The third-order valence-corrected chi connectivity index (χ3v) is 3.59. The standard InChI is InChI=1S/C13H16ClNO6/c1-5-9(16)10(17)11(18)12(21-5)15-8-4-6(14)2-3-7(8)13(19)20/h2-5,9-12,15-18H,1H3,(H,19,20)/p-1. The molecule has 21 heavy (non-hydrogen) atoms. The Hall–Kier alpha value is -1.38. The summed E-state index contributed by atoms with van der Waals surface area (Å²) in [5.74, 6) is -1.42. The number of hydrogen-bond donors (Lipinski definition) is 4. The Balaban J connectivity index is 2.25. The molecule has 116 valence electrons. The van der Waals surface area contributed by atoms with Crippen LogP contribution in [-0.2, 0) is 4.74 Å². The van der Waals surface area contributed by atoms with E-state index in [4.69, 9.17) is 16.3 Å². The molecule has 1 heterocycles. The number of carboxylic acid groups (broad SMARTS) is 1. The van der Waals surface area contributed by atoms with Gasteiger partial charge in [-0.05, 0) is 25.1 Å². The van der Waals surface area contributed by atoms with Crippen molar-refractivity contribution >= 4 is 23.3 Å². The van der Waals surface area contributed by atoms with Crippen molar-refractivity contribution in [2.45, 2.75) is 37.6 Å². The molecular weight excluding hydrogens is 302 g/mol. The van der Waals surface area contributed by atoms with Gasteiger partial charge in [-0.3, -0.25) is 0 Å². The molecule has 4 N–H and O–H groups in total. The van der Waals surface area contributed by atoms with E-state index in [1.165, 1.54) is 25.1 Å². The van der Waals surface area contributed by atoms with Crippen LogP contribution in [0.1, 0.15) is 17.3 Å². The normalized spacial score (nSPS) is 32.7. The molecule has 0 aromatic heterocycles. The molecule has 0 radical (unpaired) electrons. The Bertz CT molecular complexity index is 539. The Morgan fingerprint density at radius 3 is 2.57 bits per heavy atom. The topological polar surface area (TPSA) is 122 Å². The first-order valence-corrected chi connectivity index (χ1v) is 6.66. The zero-order chi connectivity index (χ0) is 15.7. The highest BCUT2D eigenvalue weighted by Crippen LogP contribution is 2.26. The lowest BCUT2D eigenvalue weighted by Crippen LogP contribution is -2.58. The lowest BCUT2D eigenvalue weighted by molar-refractivity contribution is -0.254. The predicted molar refractivity (Wildman–Crippen MR) is 71.8 cm³/mol. The van der Waals surface area contributed by atoms with Crippen molar-refractivity contribution in [1.29, 1.82) is 0 Å². The zero-order valence-electron chi connectivity index (χ0n) is 11.1. The third-order valence-electron chi connectivity index (χ3n) is 3.35. The van der Waals surface area contributed by atoms with Crippen LogP contribution in [0.15, 0.2) is 18.2 Å². The highest BCUT2D eigenvalue weighted by molar-refractivity contribution is 6.31. The number of aliphatic hydroxyl groups is 3. The first-order chi connectivity index (χ1) is 9.81. The van der Waals surface area contributed by atoms with E-state index < -0.39 is 36.6 Å². The van der Waals surface area contributed by atoms with Gasteiger partial charge in [0.1, 0.15) is 18.3 Å². The largest absolute Gasteiger partial charge is 0.545 e. The van der Waals surface area contributed by atoms with E-state index in [0.29, 0.717) is 0 Å². The lowest BCUT2D eigenvalue weighted by Gasteiger charge is -2.40. The third kappa shape index (κ3) is 3.28. The summed E-state index contributed by atoms with van der Waals surface area (Å²) in [6.45, 7) is 1.52. The van der Waals surface area contributed by atoms with Gasteiger partial charge in [-0.1, -0.05) is 11.6 Å². The number of halogens is 1. The molecule has 0 saturated carbocycles. The Kier molecular flexibility index (Phi) is 4.70. The second-order valence-electron chi connectivity index (χ2n) is 4.86. The van der Waals surface area contributed by atoms with E-state index in [0.717, 1.165) is 0 Å². The Labute approximate surface area is 125 Å². The molecule has 5 atom stereocenters. The number of anilines is 1. The number of carbonyl (C=O) groups is 1. The molecule has 1 aliphatic heterocycles. The maximum Gasteiger partial charge on any atom is 0.157 e. The Morgan fingerprint density at radius 2 is 1.95 bits per heavy atom. The minimum atomic E-state index is -1.44. The van der Waals surface area contributed by atoms with Crippen LogP contribution in [-0.4, -0.2) is 51.9 Å². The van der Waals surface area contributed by atoms with Gasteiger partial charge in [0, 0.05) is 16.3 Å². The van der Waals surface area contributed by atoms with Gasteiger partial charge in [0.15, 0.2) is 6.23 Å². The molecule has 0 aliphatic carbocycles. The van der Waals surface area contributed by atoms with Crippen LogP contribution in [0.4, 0.5) is 5.69 Å². The van der Waals surface area contributed by atoms with Crippen LogP contribution in [0.5, 0.6) is 0 Å². The van der Waals surface area contributed by atoms with Gasteiger partial charge in [-0.25, -0.2) is 0 Å². The highest BCUT2D eigenvalue weighted by atomic mass is 35.5. The van der Waals surface area contributed by atoms with E-state index in [9.17, 15) is 25.2 Å². The number of carbonyl (C=O) groups excluding carboxylic acids is 1. The summed E-state index contributed by atoms with van der Waals surface area (Å²) in [4.78, 5) is 11.1. The highest BCUT2D eigenvalue weighted by Gasteiger charge is 2.41. The molecule has 0 amide bonds. The molecule has 0 bridgehead atoms. The number of rotatable bonds is 3. The zero-order valence-corrected chi connectivity index (χ0v) is 11.8. The van der Waals surface area contributed by atoms with Gasteiger partial charge in [0.05, 0.1) is 12.1 Å². The van der Waals surface area contributed by atoms with Crippen molar-refractivity contribution < 1.29 is 30.0 Å². The Morgan fingerprint density at radius 1 is 1.29 bits per heavy atom. The number of benzene rings is 1. The maximum atomic E-state index is 11.1. The summed E-state index contributed by atoms with van der Waals surface area (Å²) in [7, 11) is 0. The average molecular weight is 317 g/mol. The molecular formula is C13H15ClNO6-. The van der Waals surface area contributed by atoms with E-state index in [1.54, 1.807) is 0 Å². The maximum absolute atomic E-state index is 11.1. The molecule has 7 nitrogen and oxygen atoms in total. The van der Waals surface area contributed by atoms with Crippen LogP contribution >= 0.6 is 11.6 Å². The minimum Gasteiger partial charge on any atom is -0.545 e. The summed E-state index contributed by atoms with van der Waals surface area (Å²) >= 11 is 5.81. The van der Waals surface area contributed by atoms with E-state index in [1.807, 2.05) is 0 Å². The van der Waals surface area contributed by atoms with Crippen molar-refractivity contribution in [2.75, 3.05) is 5.32 Å². The van der Waals surface area contributed by atoms with Gasteiger partial charge < -0.3 is 35.3 Å². The molecule has 1 aromatic carbocycles. The van der Waals surface area contributed by atoms with Crippen molar-refractivity contribution in [3.63, 3.8) is 0 Å². The molecule has 1 aliphatic rings. The van der Waals surface area contributed by atoms with Gasteiger partial charge in [-0.2, -0.15) is 0 Å². The number of ether oxygens (including phenoxy) is 1. The first-order valence-electron chi connectivity index (χ1n) is 6.28.